The van der Waals surface area contributed by atoms with Gasteiger partial charge < -0.3 is 11.2 Å². The Morgan fingerprint density at radius 1 is 1.23 bits per heavy atom. The molecule has 3 N–H and O–H groups in total. The van der Waals surface area contributed by atoms with Gasteiger partial charge in [-0.25, -0.2) is 4.68 Å². The number of nitrogen functional groups attached to an aromatic ring is 1. The van der Waals surface area contributed by atoms with E-state index >= 15 is 0 Å². The second-order valence-corrected chi connectivity index (χ2v) is 6.79. The largest absolute Gasteiger partial charge is 0.336 e. The number of hydrogen-bond acceptors (Lipinski definition) is 5. The van der Waals surface area contributed by atoms with Gasteiger partial charge in [-0.3, -0.25) is 4.79 Å². The van der Waals surface area contributed by atoms with E-state index in [2.05, 4.69) is 15.5 Å². The Balaban J connectivity index is 2.01. The third-order valence-corrected chi connectivity index (χ3v) is 4.23. The molecular formula is C15H21N5OS. The van der Waals surface area contributed by atoms with Crippen molar-refractivity contribution in [2.45, 2.75) is 44.0 Å². The molecule has 6 nitrogen and oxygen atoms in total. The zero-order valence-corrected chi connectivity index (χ0v) is 14.0. The first kappa shape index (κ1) is 16.4. The van der Waals surface area contributed by atoms with Gasteiger partial charge >= 0.3 is 0 Å². The fourth-order valence-electron chi connectivity index (χ4n) is 1.85. The van der Waals surface area contributed by atoms with E-state index in [1.54, 1.807) is 0 Å². The highest BCUT2D eigenvalue weighted by atomic mass is 32.2. The van der Waals surface area contributed by atoms with E-state index in [4.69, 9.17) is 5.84 Å². The molecule has 118 valence electrons. The average Bonchev–Trinajstić information content (AvgIpc) is 2.82. The monoisotopic (exact) mass is 319 g/mol. The van der Waals surface area contributed by atoms with E-state index in [0.29, 0.717) is 11.0 Å². The molecule has 1 amide bonds. The van der Waals surface area contributed by atoms with E-state index in [0.717, 1.165) is 11.3 Å². The summed E-state index contributed by atoms with van der Waals surface area (Å²) in [6.45, 7) is 7.81. The van der Waals surface area contributed by atoms with Crippen LogP contribution in [0.1, 0.15) is 38.1 Å². The normalized spacial score (nSPS) is 12.4. The first-order chi connectivity index (χ1) is 10.4. The van der Waals surface area contributed by atoms with E-state index in [1.165, 1.54) is 16.4 Å². The van der Waals surface area contributed by atoms with Crippen molar-refractivity contribution in [2.75, 3.05) is 11.2 Å². The fourth-order valence-corrected chi connectivity index (χ4v) is 2.63. The Labute approximate surface area is 134 Å². The lowest BCUT2D eigenvalue weighted by atomic mass is 10.2. The molecule has 1 atom stereocenters. The number of aromatic nitrogens is 3. The van der Waals surface area contributed by atoms with Crippen LogP contribution in [0.3, 0.4) is 0 Å². The summed E-state index contributed by atoms with van der Waals surface area (Å²) in [6, 6.07) is 7.68. The number of thioether (sulfide) groups is 1. The molecular weight excluding hydrogens is 298 g/mol. The van der Waals surface area contributed by atoms with Crippen LogP contribution in [0.2, 0.25) is 0 Å². The van der Waals surface area contributed by atoms with Crippen LogP contribution in [0.25, 0.3) is 0 Å². The molecule has 1 aromatic heterocycles. The van der Waals surface area contributed by atoms with Crippen LogP contribution < -0.4 is 11.2 Å². The standard InChI is InChI=1S/C15H21N5OS/c1-9(2)13-18-19-15(20(13)16)22-11(4)14(21)17-12-7-5-10(3)6-8-12/h5-9,11H,16H2,1-4H3,(H,17,21). The van der Waals surface area contributed by atoms with Crippen molar-refractivity contribution in [2.24, 2.45) is 0 Å². The minimum Gasteiger partial charge on any atom is -0.336 e. The van der Waals surface area contributed by atoms with Gasteiger partial charge in [0.15, 0.2) is 5.82 Å². The van der Waals surface area contributed by atoms with E-state index in [1.807, 2.05) is 52.0 Å². The molecule has 7 heteroatoms. The molecule has 0 saturated heterocycles. The molecule has 0 aliphatic heterocycles. The summed E-state index contributed by atoms with van der Waals surface area (Å²) >= 11 is 1.29. The van der Waals surface area contributed by atoms with Crippen molar-refractivity contribution in [3.63, 3.8) is 0 Å². The molecule has 22 heavy (non-hydrogen) atoms. The predicted octanol–water partition coefficient (Wildman–Crippen LogP) is 2.54. The highest BCUT2D eigenvalue weighted by Crippen LogP contribution is 2.23. The number of aryl methyl sites for hydroxylation is 1. The molecule has 0 aliphatic rings. The summed E-state index contributed by atoms with van der Waals surface area (Å²) in [5.41, 5.74) is 1.93. The number of nitrogens with two attached hydrogens (primary N) is 1. The van der Waals surface area contributed by atoms with Crippen LogP contribution in [0.15, 0.2) is 29.4 Å². The van der Waals surface area contributed by atoms with Gasteiger partial charge in [0.25, 0.3) is 0 Å². The van der Waals surface area contributed by atoms with E-state index in [-0.39, 0.29) is 17.1 Å². The van der Waals surface area contributed by atoms with Crippen molar-refractivity contribution in [3.8, 4) is 0 Å². The molecule has 0 bridgehead atoms. The highest BCUT2D eigenvalue weighted by molar-refractivity contribution is 8.00. The lowest BCUT2D eigenvalue weighted by Gasteiger charge is -2.12. The minimum atomic E-state index is -0.326. The molecule has 0 radical (unpaired) electrons. The maximum atomic E-state index is 12.2. The van der Waals surface area contributed by atoms with Crippen LogP contribution in [0.5, 0.6) is 0 Å². The first-order valence-corrected chi connectivity index (χ1v) is 8.01. The molecule has 0 spiro atoms. The van der Waals surface area contributed by atoms with Crippen molar-refractivity contribution in [1.29, 1.82) is 0 Å². The zero-order chi connectivity index (χ0) is 16.3. The molecule has 1 heterocycles. The summed E-state index contributed by atoms with van der Waals surface area (Å²) in [5, 5.41) is 11.2. The summed E-state index contributed by atoms with van der Waals surface area (Å²) in [5.74, 6) is 6.75. The number of rotatable bonds is 5. The van der Waals surface area contributed by atoms with Gasteiger partial charge in [-0.05, 0) is 26.0 Å². The number of nitrogens with zero attached hydrogens (tertiary/aromatic N) is 3. The number of nitrogens with one attached hydrogen (secondary N) is 1. The van der Waals surface area contributed by atoms with Crippen molar-refractivity contribution in [3.05, 3.63) is 35.7 Å². The van der Waals surface area contributed by atoms with Crippen molar-refractivity contribution >= 4 is 23.4 Å². The number of hydrogen-bond donors (Lipinski definition) is 2. The molecule has 1 aromatic carbocycles. The average molecular weight is 319 g/mol. The lowest BCUT2D eigenvalue weighted by Crippen LogP contribution is -2.24. The van der Waals surface area contributed by atoms with Crippen LogP contribution >= 0.6 is 11.8 Å². The molecule has 1 unspecified atom stereocenters. The maximum absolute atomic E-state index is 12.2. The first-order valence-electron chi connectivity index (χ1n) is 7.13. The molecule has 2 rings (SSSR count). The summed E-state index contributed by atoms with van der Waals surface area (Å²) in [7, 11) is 0. The topological polar surface area (TPSA) is 85.8 Å². The van der Waals surface area contributed by atoms with Gasteiger partial charge in [0.2, 0.25) is 11.1 Å². The summed E-state index contributed by atoms with van der Waals surface area (Å²) in [6.07, 6.45) is 0. The van der Waals surface area contributed by atoms with Gasteiger partial charge in [-0.15, -0.1) is 10.2 Å². The SMILES string of the molecule is Cc1ccc(NC(=O)C(C)Sc2nnc(C(C)C)n2N)cc1. The van der Waals surface area contributed by atoms with Crippen LogP contribution in [-0.2, 0) is 4.79 Å². The van der Waals surface area contributed by atoms with Gasteiger partial charge in [-0.2, -0.15) is 0 Å². The van der Waals surface area contributed by atoms with E-state index in [9.17, 15) is 4.79 Å². The predicted molar refractivity (Wildman–Crippen MR) is 89.4 cm³/mol. The Morgan fingerprint density at radius 3 is 2.41 bits per heavy atom. The third kappa shape index (κ3) is 3.79. The second kappa shape index (κ2) is 6.83. The molecule has 0 fully saturated rings. The van der Waals surface area contributed by atoms with Gasteiger partial charge in [0, 0.05) is 11.6 Å². The molecule has 2 aromatic rings. The Bertz CT molecular complexity index is 650. The number of carbonyl (C=O) groups excluding carboxylic acids is 1. The van der Waals surface area contributed by atoms with Crippen molar-refractivity contribution < 1.29 is 4.79 Å². The molecule has 0 saturated carbocycles. The van der Waals surface area contributed by atoms with Crippen LogP contribution in [-0.4, -0.2) is 26.0 Å². The Morgan fingerprint density at radius 2 is 1.86 bits per heavy atom. The van der Waals surface area contributed by atoms with Gasteiger partial charge in [-0.1, -0.05) is 43.3 Å². The van der Waals surface area contributed by atoms with Crippen LogP contribution in [0.4, 0.5) is 5.69 Å². The van der Waals surface area contributed by atoms with Gasteiger partial charge in [0.05, 0.1) is 5.25 Å². The Hall–Kier alpha value is -2.02. The minimum absolute atomic E-state index is 0.0945. The molecule has 0 aliphatic carbocycles. The number of benzene rings is 1. The summed E-state index contributed by atoms with van der Waals surface area (Å²) in [4.78, 5) is 12.2. The van der Waals surface area contributed by atoms with Gasteiger partial charge in [0.1, 0.15) is 0 Å². The second-order valence-electron chi connectivity index (χ2n) is 5.48. The maximum Gasteiger partial charge on any atom is 0.237 e. The third-order valence-electron chi connectivity index (χ3n) is 3.18. The lowest BCUT2D eigenvalue weighted by molar-refractivity contribution is -0.115. The Kier molecular flexibility index (Phi) is 5.07. The number of anilines is 1. The number of amides is 1. The highest BCUT2D eigenvalue weighted by Gasteiger charge is 2.20. The zero-order valence-electron chi connectivity index (χ0n) is 13.2. The van der Waals surface area contributed by atoms with Crippen molar-refractivity contribution in [1.82, 2.24) is 14.9 Å². The van der Waals surface area contributed by atoms with Crippen LogP contribution in [0, 0.1) is 6.92 Å². The smallest absolute Gasteiger partial charge is 0.237 e. The summed E-state index contributed by atoms with van der Waals surface area (Å²) < 4.78 is 1.45. The van der Waals surface area contributed by atoms with E-state index < -0.39 is 0 Å². The quantitative estimate of drug-likeness (QED) is 0.653. The fraction of sp³-hybridized carbons (Fsp3) is 0.400. The number of carbonyl (C=O) groups is 1.